The molecular formula is C32H35F4N3O4. The summed E-state index contributed by atoms with van der Waals surface area (Å²) >= 11 is 0. The molecule has 0 unspecified atom stereocenters. The Hall–Kier alpha value is -3.99. The molecule has 2 N–H and O–H groups in total. The molecule has 43 heavy (non-hydrogen) atoms. The number of ketones is 1. The Kier molecular flexibility index (Phi) is 10.4. The summed E-state index contributed by atoms with van der Waals surface area (Å²) in [6, 6.07) is 6.04. The van der Waals surface area contributed by atoms with Crippen LogP contribution in [0.25, 0.3) is 5.69 Å². The van der Waals surface area contributed by atoms with Gasteiger partial charge in [0.05, 0.1) is 11.1 Å². The molecule has 1 fully saturated rings. The van der Waals surface area contributed by atoms with Crippen LogP contribution in [0.2, 0.25) is 0 Å². The smallest absolute Gasteiger partial charge is 0.323 e. The maximum Gasteiger partial charge on any atom is 0.323 e. The first kappa shape index (κ1) is 31.9. The zero-order chi connectivity index (χ0) is 31.3. The number of rotatable bonds is 12. The SMILES string of the molecule is CNc1c(C(=O)c2ccc(F)cc2F)ccc(=O)n1-c1c(F)cc(CCN[C@@H](CC(C)C)C(=O)OC2CCCC2)cc1F. The van der Waals surface area contributed by atoms with E-state index in [0.29, 0.717) is 17.1 Å². The molecular weight excluding hydrogens is 566 g/mol. The number of ether oxygens (including phenoxy) is 1. The predicted molar refractivity (Wildman–Crippen MR) is 155 cm³/mol. The van der Waals surface area contributed by atoms with E-state index >= 15 is 8.78 Å². The van der Waals surface area contributed by atoms with E-state index in [1.54, 1.807) is 0 Å². The number of nitrogens with zero attached hydrogens (tertiary/aromatic N) is 1. The standard InChI is InChI=1S/C32H35F4N3O4/c1-18(2)14-27(32(42)43-21-6-4-5-7-21)38-13-12-19-15-25(35)29(26(36)16-19)39-28(40)11-10-23(31(39)37-3)30(41)22-9-8-20(33)17-24(22)34/h8-11,15-18,21,27,37-38H,4-7,12-14H2,1-3H3/t27-/m0/s1. The van der Waals surface area contributed by atoms with Crippen molar-refractivity contribution in [3.63, 3.8) is 0 Å². The van der Waals surface area contributed by atoms with Crippen molar-refractivity contribution in [2.75, 3.05) is 18.9 Å². The fourth-order valence-corrected chi connectivity index (χ4v) is 5.36. The van der Waals surface area contributed by atoms with Gasteiger partial charge in [-0.3, -0.25) is 19.0 Å². The molecule has 230 valence electrons. The van der Waals surface area contributed by atoms with Crippen molar-refractivity contribution in [1.82, 2.24) is 9.88 Å². The third kappa shape index (κ3) is 7.51. The Labute approximate surface area is 247 Å². The fourth-order valence-electron chi connectivity index (χ4n) is 5.36. The van der Waals surface area contributed by atoms with Crippen molar-refractivity contribution in [2.45, 2.75) is 64.5 Å². The number of carbonyl (C=O) groups is 2. The summed E-state index contributed by atoms with van der Waals surface area (Å²) in [6.45, 7) is 4.21. The molecule has 1 saturated carbocycles. The van der Waals surface area contributed by atoms with Gasteiger partial charge >= 0.3 is 5.97 Å². The lowest BCUT2D eigenvalue weighted by atomic mass is 10.0. The van der Waals surface area contributed by atoms with Gasteiger partial charge in [0.25, 0.3) is 5.56 Å². The Bertz CT molecular complexity index is 1530. The highest BCUT2D eigenvalue weighted by molar-refractivity contribution is 6.12. The van der Waals surface area contributed by atoms with Crippen molar-refractivity contribution in [1.29, 1.82) is 0 Å². The first-order valence-corrected chi connectivity index (χ1v) is 14.4. The van der Waals surface area contributed by atoms with Gasteiger partial charge in [-0.25, -0.2) is 17.6 Å². The Morgan fingerprint density at radius 3 is 2.21 bits per heavy atom. The first-order valence-electron chi connectivity index (χ1n) is 14.4. The number of nitrogens with one attached hydrogen (secondary N) is 2. The van der Waals surface area contributed by atoms with Crippen molar-refractivity contribution in [2.24, 2.45) is 5.92 Å². The number of pyridine rings is 1. The summed E-state index contributed by atoms with van der Waals surface area (Å²) in [7, 11) is 1.34. The molecule has 1 heterocycles. The van der Waals surface area contributed by atoms with Crippen LogP contribution in [0.5, 0.6) is 0 Å². The van der Waals surface area contributed by atoms with Gasteiger partial charge in [-0.05, 0) is 86.9 Å². The highest BCUT2D eigenvalue weighted by atomic mass is 19.1. The number of anilines is 1. The maximum atomic E-state index is 15.5. The number of halogens is 4. The minimum Gasteiger partial charge on any atom is -0.461 e. The maximum absolute atomic E-state index is 15.5. The highest BCUT2D eigenvalue weighted by Gasteiger charge is 2.27. The fraction of sp³-hybridized carbons (Fsp3) is 0.406. The van der Waals surface area contributed by atoms with Crippen molar-refractivity contribution < 1.29 is 31.9 Å². The van der Waals surface area contributed by atoms with Gasteiger partial charge in [0, 0.05) is 19.2 Å². The number of benzene rings is 2. The normalized spacial score (nSPS) is 14.2. The average molecular weight is 602 g/mol. The molecule has 1 aromatic heterocycles. The molecule has 4 rings (SSSR count). The molecule has 1 atom stereocenters. The van der Waals surface area contributed by atoms with Gasteiger partial charge in [0.15, 0.2) is 17.4 Å². The minimum absolute atomic E-state index is 0.0749. The van der Waals surface area contributed by atoms with Gasteiger partial charge in [-0.1, -0.05) is 13.8 Å². The van der Waals surface area contributed by atoms with E-state index in [-0.39, 0.29) is 47.9 Å². The van der Waals surface area contributed by atoms with Crippen LogP contribution in [0.15, 0.2) is 47.3 Å². The van der Waals surface area contributed by atoms with Gasteiger partial charge in [-0.2, -0.15) is 0 Å². The molecule has 0 amide bonds. The van der Waals surface area contributed by atoms with E-state index in [2.05, 4.69) is 10.6 Å². The van der Waals surface area contributed by atoms with Crippen LogP contribution < -0.4 is 16.2 Å². The largest absolute Gasteiger partial charge is 0.461 e. The number of aromatic nitrogens is 1. The second kappa shape index (κ2) is 14.0. The summed E-state index contributed by atoms with van der Waals surface area (Å²) in [5.41, 5.74) is -2.02. The predicted octanol–water partition coefficient (Wildman–Crippen LogP) is 5.70. The second-order valence-electron chi connectivity index (χ2n) is 11.1. The molecule has 1 aliphatic carbocycles. The van der Waals surface area contributed by atoms with E-state index in [1.807, 2.05) is 13.8 Å². The van der Waals surface area contributed by atoms with Gasteiger partial charge in [-0.15, -0.1) is 0 Å². The summed E-state index contributed by atoms with van der Waals surface area (Å²) in [4.78, 5) is 38.7. The van der Waals surface area contributed by atoms with Crippen LogP contribution in [0.1, 0.15) is 67.4 Å². The molecule has 11 heteroatoms. The van der Waals surface area contributed by atoms with E-state index < -0.39 is 51.9 Å². The lowest BCUT2D eigenvalue weighted by Gasteiger charge is -2.22. The molecule has 7 nitrogen and oxygen atoms in total. The molecule has 3 aromatic rings. The van der Waals surface area contributed by atoms with Crippen LogP contribution in [0, 0.1) is 29.2 Å². The first-order chi connectivity index (χ1) is 20.5. The highest BCUT2D eigenvalue weighted by Crippen LogP contribution is 2.27. The van der Waals surface area contributed by atoms with Crippen molar-refractivity contribution in [3.05, 3.63) is 92.8 Å². The van der Waals surface area contributed by atoms with E-state index in [9.17, 15) is 23.2 Å². The Morgan fingerprint density at radius 2 is 1.60 bits per heavy atom. The topological polar surface area (TPSA) is 89.4 Å². The minimum atomic E-state index is -1.12. The third-order valence-electron chi connectivity index (χ3n) is 7.43. The molecule has 0 bridgehead atoms. The summed E-state index contributed by atoms with van der Waals surface area (Å²) < 4.78 is 65.0. The Balaban J connectivity index is 1.57. The monoisotopic (exact) mass is 601 g/mol. The quantitative estimate of drug-likeness (QED) is 0.157. The van der Waals surface area contributed by atoms with E-state index in [1.165, 1.54) is 7.05 Å². The molecule has 0 spiro atoms. The summed E-state index contributed by atoms with van der Waals surface area (Å²) in [5, 5.41) is 5.76. The van der Waals surface area contributed by atoms with Crippen molar-refractivity contribution in [3.8, 4) is 5.69 Å². The van der Waals surface area contributed by atoms with E-state index in [4.69, 9.17) is 4.74 Å². The summed E-state index contributed by atoms with van der Waals surface area (Å²) in [6.07, 6.45) is 4.41. The average Bonchev–Trinajstić information content (AvgIpc) is 3.45. The number of hydrogen-bond acceptors (Lipinski definition) is 6. The molecule has 0 saturated heterocycles. The van der Waals surface area contributed by atoms with Gasteiger partial charge < -0.3 is 15.4 Å². The van der Waals surface area contributed by atoms with Crippen molar-refractivity contribution >= 4 is 17.6 Å². The lowest BCUT2D eigenvalue weighted by molar-refractivity contribution is -0.151. The summed E-state index contributed by atoms with van der Waals surface area (Å²) in [5.74, 6) is -5.44. The van der Waals surface area contributed by atoms with Gasteiger partial charge in [0.1, 0.15) is 35.3 Å². The van der Waals surface area contributed by atoms with Gasteiger partial charge in [0.2, 0.25) is 0 Å². The Morgan fingerprint density at radius 1 is 0.953 bits per heavy atom. The van der Waals surface area contributed by atoms with E-state index in [0.717, 1.165) is 62.1 Å². The zero-order valence-corrected chi connectivity index (χ0v) is 24.3. The van der Waals surface area contributed by atoms with Crippen LogP contribution >= 0.6 is 0 Å². The zero-order valence-electron chi connectivity index (χ0n) is 24.3. The molecule has 1 aliphatic rings. The van der Waals surface area contributed by atoms with Crippen LogP contribution in [0.4, 0.5) is 23.4 Å². The van der Waals surface area contributed by atoms with Crippen LogP contribution in [-0.4, -0.2) is 42.1 Å². The van der Waals surface area contributed by atoms with Crippen LogP contribution in [0.3, 0.4) is 0 Å². The molecule has 0 radical (unpaired) electrons. The van der Waals surface area contributed by atoms with Crippen LogP contribution in [-0.2, 0) is 16.0 Å². The second-order valence-corrected chi connectivity index (χ2v) is 11.1. The number of esters is 1. The third-order valence-corrected chi connectivity index (χ3v) is 7.43. The lowest BCUT2D eigenvalue weighted by Crippen LogP contribution is -2.41. The molecule has 2 aromatic carbocycles. The number of hydrogen-bond donors (Lipinski definition) is 2. The number of carbonyl (C=O) groups excluding carboxylic acids is 2. The molecule has 0 aliphatic heterocycles.